The first-order valence-corrected chi connectivity index (χ1v) is 6.59. The van der Waals surface area contributed by atoms with Gasteiger partial charge in [0.25, 0.3) is 0 Å². The lowest BCUT2D eigenvalue weighted by Gasteiger charge is -2.33. The van der Waals surface area contributed by atoms with Crippen LogP contribution < -0.4 is 4.90 Å². The third kappa shape index (κ3) is 2.97. The lowest BCUT2D eigenvalue weighted by molar-refractivity contribution is 0.194. The standard InChI is InChI=1S/C14H22N2O/c1-3-12-6-8-16(9-7-12)13-4-5-14(11(2)17)15-10-13/h4-5,10-12,17H,3,6-9H2,1-2H3. The van der Waals surface area contributed by atoms with Gasteiger partial charge in [0.15, 0.2) is 0 Å². The van der Waals surface area contributed by atoms with Crippen molar-refractivity contribution >= 4 is 5.69 Å². The maximum absolute atomic E-state index is 9.42. The van der Waals surface area contributed by atoms with Gasteiger partial charge in [-0.25, -0.2) is 0 Å². The molecule has 0 aromatic carbocycles. The van der Waals surface area contributed by atoms with Crippen molar-refractivity contribution in [2.75, 3.05) is 18.0 Å². The van der Waals surface area contributed by atoms with Gasteiger partial charge in [0, 0.05) is 13.1 Å². The molecule has 1 saturated heterocycles. The normalized spacial score (nSPS) is 19.4. The summed E-state index contributed by atoms with van der Waals surface area (Å²) in [7, 11) is 0. The zero-order chi connectivity index (χ0) is 12.3. The van der Waals surface area contributed by atoms with Crippen LogP contribution in [0.5, 0.6) is 0 Å². The van der Waals surface area contributed by atoms with Gasteiger partial charge in [-0.05, 0) is 37.8 Å². The predicted molar refractivity (Wildman–Crippen MR) is 70.1 cm³/mol. The van der Waals surface area contributed by atoms with Gasteiger partial charge in [0.05, 0.1) is 23.7 Å². The third-order valence-electron chi connectivity index (χ3n) is 3.76. The first-order valence-electron chi connectivity index (χ1n) is 6.59. The van der Waals surface area contributed by atoms with Crippen LogP contribution in [0.25, 0.3) is 0 Å². The molecular formula is C14H22N2O. The van der Waals surface area contributed by atoms with Crippen molar-refractivity contribution < 1.29 is 5.11 Å². The summed E-state index contributed by atoms with van der Waals surface area (Å²) in [5.74, 6) is 0.899. The van der Waals surface area contributed by atoms with Crippen LogP contribution in [0.15, 0.2) is 18.3 Å². The first-order chi connectivity index (χ1) is 8.20. The average molecular weight is 234 g/mol. The molecule has 1 aliphatic rings. The van der Waals surface area contributed by atoms with Gasteiger partial charge in [-0.15, -0.1) is 0 Å². The monoisotopic (exact) mass is 234 g/mol. The van der Waals surface area contributed by atoms with Crippen LogP contribution in [0.3, 0.4) is 0 Å². The number of hydrogen-bond acceptors (Lipinski definition) is 3. The summed E-state index contributed by atoms with van der Waals surface area (Å²) in [4.78, 5) is 6.69. The fraction of sp³-hybridized carbons (Fsp3) is 0.643. The predicted octanol–water partition coefficient (Wildman–Crippen LogP) is 2.76. The van der Waals surface area contributed by atoms with E-state index in [1.54, 1.807) is 6.92 Å². The van der Waals surface area contributed by atoms with E-state index in [-0.39, 0.29) is 0 Å². The number of hydrogen-bond donors (Lipinski definition) is 1. The number of piperidine rings is 1. The molecule has 1 unspecified atom stereocenters. The molecule has 2 rings (SSSR count). The summed E-state index contributed by atoms with van der Waals surface area (Å²) < 4.78 is 0. The third-order valence-corrected chi connectivity index (χ3v) is 3.76. The summed E-state index contributed by atoms with van der Waals surface area (Å²) in [6.07, 6.45) is 5.28. The molecule has 1 aromatic rings. The molecule has 1 aromatic heterocycles. The van der Waals surface area contributed by atoms with Gasteiger partial charge in [0.2, 0.25) is 0 Å². The van der Waals surface area contributed by atoms with E-state index in [9.17, 15) is 5.11 Å². The highest BCUT2D eigenvalue weighted by atomic mass is 16.3. The van der Waals surface area contributed by atoms with E-state index < -0.39 is 6.10 Å². The molecule has 94 valence electrons. The second-order valence-electron chi connectivity index (χ2n) is 4.96. The molecule has 17 heavy (non-hydrogen) atoms. The van der Waals surface area contributed by atoms with Crippen molar-refractivity contribution in [2.24, 2.45) is 5.92 Å². The highest BCUT2D eigenvalue weighted by Gasteiger charge is 2.18. The topological polar surface area (TPSA) is 36.4 Å². The van der Waals surface area contributed by atoms with Crippen molar-refractivity contribution in [1.29, 1.82) is 0 Å². The van der Waals surface area contributed by atoms with Crippen LogP contribution >= 0.6 is 0 Å². The summed E-state index contributed by atoms with van der Waals surface area (Å²) in [5, 5.41) is 9.42. The van der Waals surface area contributed by atoms with Gasteiger partial charge in [-0.2, -0.15) is 0 Å². The number of rotatable bonds is 3. The maximum Gasteiger partial charge on any atom is 0.0931 e. The Morgan fingerprint density at radius 2 is 2.12 bits per heavy atom. The van der Waals surface area contributed by atoms with E-state index in [4.69, 9.17) is 0 Å². The highest BCUT2D eigenvalue weighted by molar-refractivity contribution is 5.45. The van der Waals surface area contributed by atoms with Gasteiger partial charge >= 0.3 is 0 Å². The Labute approximate surface area is 103 Å². The van der Waals surface area contributed by atoms with E-state index in [1.165, 1.54) is 24.9 Å². The van der Waals surface area contributed by atoms with Crippen LogP contribution in [-0.2, 0) is 0 Å². The minimum absolute atomic E-state index is 0.477. The number of anilines is 1. The van der Waals surface area contributed by atoms with Crippen molar-refractivity contribution in [1.82, 2.24) is 4.98 Å². The molecule has 0 saturated carbocycles. The summed E-state index contributed by atoms with van der Waals surface area (Å²) >= 11 is 0. The second-order valence-corrected chi connectivity index (χ2v) is 4.96. The number of aromatic nitrogens is 1. The molecule has 1 fully saturated rings. The van der Waals surface area contributed by atoms with E-state index in [2.05, 4.69) is 22.9 Å². The van der Waals surface area contributed by atoms with E-state index in [1.807, 2.05) is 12.3 Å². The van der Waals surface area contributed by atoms with Crippen LogP contribution in [0.1, 0.15) is 44.9 Å². The maximum atomic E-state index is 9.42. The Hall–Kier alpha value is -1.09. The summed E-state index contributed by atoms with van der Waals surface area (Å²) in [6, 6.07) is 3.99. The van der Waals surface area contributed by atoms with Crippen LogP contribution in [0.4, 0.5) is 5.69 Å². The molecule has 0 bridgehead atoms. The van der Waals surface area contributed by atoms with Gasteiger partial charge in [-0.1, -0.05) is 13.3 Å². The molecule has 0 spiro atoms. The fourth-order valence-corrected chi connectivity index (χ4v) is 2.43. The van der Waals surface area contributed by atoms with Crippen LogP contribution in [0, 0.1) is 5.92 Å². The Kier molecular flexibility index (Phi) is 4.00. The quantitative estimate of drug-likeness (QED) is 0.873. The molecule has 3 heteroatoms. The Balaban J connectivity index is 1.99. The number of aliphatic hydroxyl groups is 1. The summed E-state index contributed by atoms with van der Waals surface area (Å²) in [5.41, 5.74) is 1.93. The number of nitrogens with zero attached hydrogens (tertiary/aromatic N) is 2. The number of aliphatic hydroxyl groups excluding tert-OH is 1. The Morgan fingerprint density at radius 3 is 2.59 bits per heavy atom. The molecule has 0 radical (unpaired) electrons. The van der Waals surface area contributed by atoms with E-state index in [0.29, 0.717) is 0 Å². The van der Waals surface area contributed by atoms with E-state index in [0.717, 1.165) is 24.7 Å². The lowest BCUT2D eigenvalue weighted by Crippen LogP contribution is -2.33. The molecule has 2 heterocycles. The van der Waals surface area contributed by atoms with Crippen molar-refractivity contribution in [2.45, 2.75) is 39.2 Å². The molecule has 1 aliphatic heterocycles. The molecule has 1 atom stereocenters. The summed E-state index contributed by atoms with van der Waals surface area (Å²) in [6.45, 7) is 6.29. The molecular weight excluding hydrogens is 212 g/mol. The number of pyridine rings is 1. The smallest absolute Gasteiger partial charge is 0.0931 e. The van der Waals surface area contributed by atoms with Gasteiger partial charge in [0.1, 0.15) is 0 Å². The average Bonchev–Trinajstić information content (AvgIpc) is 2.39. The van der Waals surface area contributed by atoms with Crippen LogP contribution in [-0.4, -0.2) is 23.2 Å². The zero-order valence-electron chi connectivity index (χ0n) is 10.8. The molecule has 0 aliphatic carbocycles. The van der Waals surface area contributed by atoms with E-state index >= 15 is 0 Å². The minimum atomic E-state index is -0.477. The van der Waals surface area contributed by atoms with Gasteiger partial charge < -0.3 is 10.0 Å². The first kappa shape index (κ1) is 12.4. The van der Waals surface area contributed by atoms with Crippen molar-refractivity contribution in [3.8, 4) is 0 Å². The van der Waals surface area contributed by atoms with Crippen molar-refractivity contribution in [3.05, 3.63) is 24.0 Å². The largest absolute Gasteiger partial charge is 0.387 e. The highest BCUT2D eigenvalue weighted by Crippen LogP contribution is 2.25. The molecule has 1 N–H and O–H groups in total. The van der Waals surface area contributed by atoms with Crippen LogP contribution in [0.2, 0.25) is 0 Å². The lowest BCUT2D eigenvalue weighted by atomic mass is 9.94. The molecule has 0 amide bonds. The SMILES string of the molecule is CCC1CCN(c2ccc(C(C)O)nc2)CC1. The zero-order valence-corrected chi connectivity index (χ0v) is 10.8. The Morgan fingerprint density at radius 1 is 1.41 bits per heavy atom. The second kappa shape index (κ2) is 5.50. The minimum Gasteiger partial charge on any atom is -0.387 e. The van der Waals surface area contributed by atoms with Gasteiger partial charge in [-0.3, -0.25) is 4.98 Å². The Bertz CT molecular complexity index is 340. The fourth-order valence-electron chi connectivity index (χ4n) is 2.43. The van der Waals surface area contributed by atoms with Crippen molar-refractivity contribution in [3.63, 3.8) is 0 Å². The molecule has 3 nitrogen and oxygen atoms in total.